The van der Waals surface area contributed by atoms with Crippen molar-refractivity contribution in [3.63, 3.8) is 0 Å². The van der Waals surface area contributed by atoms with Crippen LogP contribution < -0.4 is 5.32 Å². The minimum atomic E-state index is -0.135. The molecule has 4 heteroatoms. The van der Waals surface area contributed by atoms with Gasteiger partial charge in [0, 0.05) is 3.57 Å². The Hall–Kier alpha value is -0.650. The van der Waals surface area contributed by atoms with Crippen molar-refractivity contribution in [2.45, 2.75) is 19.9 Å². The Morgan fingerprint density at radius 3 is 2.20 bits per heavy atom. The quantitative estimate of drug-likeness (QED) is 0.711. The molecule has 0 amide bonds. The van der Waals surface area contributed by atoms with Crippen LogP contribution in [0.4, 0.5) is 4.39 Å². The van der Waals surface area contributed by atoms with Gasteiger partial charge in [-0.3, -0.25) is 0 Å². The van der Waals surface area contributed by atoms with Crippen molar-refractivity contribution in [1.82, 2.24) is 5.32 Å². The van der Waals surface area contributed by atoms with Crippen molar-refractivity contribution < 1.29 is 4.39 Å². The first-order chi connectivity index (χ1) is 9.43. The third-order valence-electron chi connectivity index (χ3n) is 3.36. The van der Waals surface area contributed by atoms with E-state index in [1.165, 1.54) is 0 Å². The summed E-state index contributed by atoms with van der Waals surface area (Å²) < 4.78 is 14.8. The highest BCUT2D eigenvalue weighted by Gasteiger charge is 2.15. The maximum Gasteiger partial charge on any atom is 0.129 e. The minimum absolute atomic E-state index is 0.00231. The van der Waals surface area contributed by atoms with Crippen molar-refractivity contribution in [3.05, 3.63) is 67.0 Å². The Kier molecular flexibility index (Phi) is 5.04. The molecule has 106 valence electrons. The van der Waals surface area contributed by atoms with Gasteiger partial charge >= 0.3 is 0 Å². The van der Waals surface area contributed by atoms with E-state index in [2.05, 4.69) is 27.9 Å². The van der Waals surface area contributed by atoms with Gasteiger partial charge in [0.05, 0.1) is 11.1 Å². The lowest BCUT2D eigenvalue weighted by Crippen LogP contribution is -2.18. The SMILES string of the molecule is CNC(c1cc(C)c(F)c(C)c1)c1ccc(I)c(Cl)c1. The Labute approximate surface area is 137 Å². The summed E-state index contributed by atoms with van der Waals surface area (Å²) in [5, 5.41) is 4.01. The normalized spacial score (nSPS) is 12.5. The van der Waals surface area contributed by atoms with Crippen molar-refractivity contribution in [2.75, 3.05) is 7.05 Å². The van der Waals surface area contributed by atoms with E-state index in [1.807, 2.05) is 37.4 Å². The van der Waals surface area contributed by atoms with Crippen molar-refractivity contribution in [2.24, 2.45) is 0 Å². The van der Waals surface area contributed by atoms with Gasteiger partial charge in [-0.2, -0.15) is 0 Å². The fraction of sp³-hybridized carbons (Fsp3) is 0.250. The molecule has 1 atom stereocenters. The van der Waals surface area contributed by atoms with E-state index in [-0.39, 0.29) is 11.9 Å². The van der Waals surface area contributed by atoms with Crippen LogP contribution >= 0.6 is 34.2 Å². The number of rotatable bonds is 3. The molecule has 0 bridgehead atoms. The first-order valence-corrected chi connectivity index (χ1v) is 7.78. The smallest absolute Gasteiger partial charge is 0.129 e. The van der Waals surface area contributed by atoms with E-state index in [1.54, 1.807) is 13.8 Å². The number of halogens is 3. The number of nitrogens with one attached hydrogen (secondary N) is 1. The maximum absolute atomic E-state index is 13.8. The lowest BCUT2D eigenvalue weighted by molar-refractivity contribution is 0.604. The highest BCUT2D eigenvalue weighted by molar-refractivity contribution is 14.1. The molecule has 2 aromatic rings. The van der Waals surface area contributed by atoms with E-state index in [4.69, 9.17) is 11.6 Å². The monoisotopic (exact) mass is 403 g/mol. The first-order valence-electron chi connectivity index (χ1n) is 6.33. The number of aryl methyl sites for hydroxylation is 2. The maximum atomic E-state index is 13.8. The first kappa shape index (κ1) is 15.7. The summed E-state index contributed by atoms with van der Waals surface area (Å²) in [7, 11) is 1.89. The fourth-order valence-electron chi connectivity index (χ4n) is 2.36. The van der Waals surface area contributed by atoms with E-state index in [9.17, 15) is 4.39 Å². The second-order valence-corrected chi connectivity index (χ2v) is 6.43. The van der Waals surface area contributed by atoms with Crippen molar-refractivity contribution in [3.8, 4) is 0 Å². The van der Waals surface area contributed by atoms with Gasteiger partial charge < -0.3 is 5.32 Å². The average Bonchev–Trinajstić information content (AvgIpc) is 2.41. The molecule has 0 aliphatic rings. The summed E-state index contributed by atoms with van der Waals surface area (Å²) in [5.74, 6) is -0.135. The highest BCUT2D eigenvalue weighted by Crippen LogP contribution is 2.29. The van der Waals surface area contributed by atoms with Crippen molar-refractivity contribution >= 4 is 34.2 Å². The zero-order valence-electron chi connectivity index (χ0n) is 11.6. The van der Waals surface area contributed by atoms with Crippen LogP contribution in [0.5, 0.6) is 0 Å². The molecule has 2 aromatic carbocycles. The Morgan fingerprint density at radius 2 is 1.70 bits per heavy atom. The molecule has 20 heavy (non-hydrogen) atoms. The molecule has 0 radical (unpaired) electrons. The summed E-state index contributed by atoms with van der Waals surface area (Å²) in [4.78, 5) is 0. The van der Waals surface area contributed by atoms with Crippen LogP contribution in [0, 0.1) is 23.2 Å². The predicted octanol–water partition coefficient (Wildman–Crippen LogP) is 5.01. The number of hydrogen-bond acceptors (Lipinski definition) is 1. The van der Waals surface area contributed by atoms with Crippen LogP contribution in [0.15, 0.2) is 30.3 Å². The largest absolute Gasteiger partial charge is 0.309 e. The molecule has 0 aromatic heterocycles. The molecule has 1 nitrogen and oxygen atoms in total. The lowest BCUT2D eigenvalue weighted by Gasteiger charge is -2.19. The predicted molar refractivity (Wildman–Crippen MR) is 90.9 cm³/mol. The van der Waals surface area contributed by atoms with E-state index < -0.39 is 0 Å². The molecule has 0 aliphatic carbocycles. The molecule has 0 spiro atoms. The zero-order chi connectivity index (χ0) is 14.9. The van der Waals surface area contributed by atoms with Crippen LogP contribution in [0.3, 0.4) is 0 Å². The molecule has 0 saturated heterocycles. The lowest BCUT2D eigenvalue weighted by atomic mass is 9.95. The van der Waals surface area contributed by atoms with E-state index in [0.29, 0.717) is 11.1 Å². The van der Waals surface area contributed by atoms with Gasteiger partial charge in [0.2, 0.25) is 0 Å². The zero-order valence-corrected chi connectivity index (χ0v) is 14.5. The molecule has 1 unspecified atom stereocenters. The highest BCUT2D eigenvalue weighted by atomic mass is 127. The molecule has 0 fully saturated rings. The van der Waals surface area contributed by atoms with Crippen molar-refractivity contribution in [1.29, 1.82) is 0 Å². The van der Waals surface area contributed by atoms with Crippen LogP contribution in [-0.4, -0.2) is 7.05 Å². The summed E-state index contributed by atoms with van der Waals surface area (Å²) in [6, 6.07) is 9.76. The van der Waals surface area contributed by atoms with Crippen LogP contribution in [-0.2, 0) is 0 Å². The summed E-state index contributed by atoms with van der Waals surface area (Å²) in [6.07, 6.45) is 0. The minimum Gasteiger partial charge on any atom is -0.309 e. The molecule has 0 heterocycles. The second kappa shape index (κ2) is 6.41. The van der Waals surface area contributed by atoms with Gasteiger partial charge in [-0.1, -0.05) is 29.8 Å². The molecule has 2 rings (SSSR count). The topological polar surface area (TPSA) is 12.0 Å². The molecular weight excluding hydrogens is 388 g/mol. The summed E-state index contributed by atoms with van der Waals surface area (Å²) in [6.45, 7) is 3.58. The second-order valence-electron chi connectivity index (χ2n) is 4.86. The number of hydrogen-bond donors (Lipinski definition) is 1. The number of benzene rings is 2. The van der Waals surface area contributed by atoms with Crippen LogP contribution in [0.2, 0.25) is 5.02 Å². The van der Waals surface area contributed by atoms with Crippen LogP contribution in [0.25, 0.3) is 0 Å². The summed E-state index contributed by atoms with van der Waals surface area (Å²) in [5.41, 5.74) is 3.44. The van der Waals surface area contributed by atoms with Gasteiger partial charge in [0.25, 0.3) is 0 Å². The molecular formula is C16H16ClFIN. The van der Waals surface area contributed by atoms with Gasteiger partial charge in [-0.25, -0.2) is 4.39 Å². The Morgan fingerprint density at radius 1 is 1.10 bits per heavy atom. The van der Waals surface area contributed by atoms with Gasteiger partial charge in [-0.15, -0.1) is 0 Å². The molecule has 0 aliphatic heterocycles. The van der Waals surface area contributed by atoms with Gasteiger partial charge in [0.1, 0.15) is 5.82 Å². The summed E-state index contributed by atoms with van der Waals surface area (Å²) >= 11 is 8.40. The van der Waals surface area contributed by atoms with Crippen LogP contribution in [0.1, 0.15) is 28.3 Å². The standard InChI is InChI=1S/C16H16ClFIN/c1-9-6-12(7-10(2)15(9)18)16(20-3)11-4-5-14(19)13(17)8-11/h4-8,16,20H,1-3H3. The average molecular weight is 404 g/mol. The Bertz CT molecular complexity index is 619. The Balaban J connectivity index is 2.49. The third kappa shape index (κ3) is 3.15. The third-order valence-corrected chi connectivity index (χ3v) is 4.93. The van der Waals surface area contributed by atoms with Gasteiger partial charge in [-0.05, 0) is 77.9 Å². The molecule has 0 saturated carbocycles. The molecule has 1 N–H and O–H groups in total. The fourth-order valence-corrected chi connectivity index (χ4v) is 2.89. The van der Waals surface area contributed by atoms with Gasteiger partial charge in [0.15, 0.2) is 0 Å². The van der Waals surface area contributed by atoms with E-state index in [0.717, 1.165) is 19.7 Å². The van der Waals surface area contributed by atoms with E-state index >= 15 is 0 Å².